The first kappa shape index (κ1) is 23.7. The van der Waals surface area contributed by atoms with Crippen LogP contribution in [0.5, 0.6) is 0 Å². The number of benzene rings is 2. The lowest BCUT2D eigenvalue weighted by molar-refractivity contribution is 0.148. The lowest BCUT2D eigenvalue weighted by Crippen LogP contribution is -2.32. The number of pyridine rings is 1. The maximum atomic E-state index is 13.0. The fraction of sp³-hybridized carbons (Fsp3) is 0.286. The Balaban J connectivity index is 1.46. The van der Waals surface area contributed by atoms with Gasteiger partial charge in [0.25, 0.3) is 5.56 Å². The molecule has 36 heavy (non-hydrogen) atoms. The topological polar surface area (TPSA) is 92.8 Å². The molecule has 0 bridgehead atoms. The fourth-order valence-electron chi connectivity index (χ4n) is 4.68. The summed E-state index contributed by atoms with van der Waals surface area (Å²) in [6.07, 6.45) is 3.28. The van der Waals surface area contributed by atoms with Crippen molar-refractivity contribution in [2.75, 3.05) is 0 Å². The third-order valence-electron chi connectivity index (χ3n) is 6.53. The standard InChI is InChI=1S/C28H30N6O2/c1-3-26(27-30-31-32-34(27)14-13-21-8-5-4-6-9-21)33(19-24-10-7-15-36-24)18-23-17-22-16-20(2)11-12-25(22)29-28(23)35/h4-12,15-17,26H,3,13-14,18-19H2,1-2H3,(H,29,35). The number of furan rings is 1. The number of fused-ring (bicyclic) bond motifs is 1. The molecule has 0 aliphatic carbocycles. The summed E-state index contributed by atoms with van der Waals surface area (Å²) < 4.78 is 7.56. The van der Waals surface area contributed by atoms with Crippen molar-refractivity contribution in [2.24, 2.45) is 0 Å². The van der Waals surface area contributed by atoms with Crippen molar-refractivity contribution >= 4 is 10.9 Å². The van der Waals surface area contributed by atoms with E-state index in [2.05, 4.69) is 57.5 Å². The molecule has 0 amide bonds. The van der Waals surface area contributed by atoms with Crippen molar-refractivity contribution in [2.45, 2.75) is 52.4 Å². The van der Waals surface area contributed by atoms with Gasteiger partial charge in [-0.2, -0.15) is 0 Å². The minimum Gasteiger partial charge on any atom is -0.468 e. The molecule has 0 aliphatic heterocycles. The normalized spacial score (nSPS) is 12.4. The summed E-state index contributed by atoms with van der Waals surface area (Å²) in [6.45, 7) is 5.80. The number of aromatic nitrogens is 5. The monoisotopic (exact) mass is 482 g/mol. The van der Waals surface area contributed by atoms with Crippen LogP contribution in [0, 0.1) is 6.92 Å². The molecular formula is C28H30N6O2. The van der Waals surface area contributed by atoms with Gasteiger partial charge in [0.05, 0.1) is 18.8 Å². The summed E-state index contributed by atoms with van der Waals surface area (Å²) in [5, 5.41) is 13.7. The van der Waals surface area contributed by atoms with Gasteiger partial charge in [-0.1, -0.05) is 48.9 Å². The maximum Gasteiger partial charge on any atom is 0.252 e. The number of rotatable bonds is 10. The highest BCUT2D eigenvalue weighted by atomic mass is 16.3. The molecule has 1 unspecified atom stereocenters. The van der Waals surface area contributed by atoms with Crippen LogP contribution in [0.25, 0.3) is 10.9 Å². The number of tetrazole rings is 1. The van der Waals surface area contributed by atoms with E-state index in [1.807, 2.05) is 53.2 Å². The Morgan fingerprint density at radius 1 is 1.06 bits per heavy atom. The highest BCUT2D eigenvalue weighted by Gasteiger charge is 2.26. The van der Waals surface area contributed by atoms with Crippen LogP contribution in [0.4, 0.5) is 0 Å². The van der Waals surface area contributed by atoms with Crippen molar-refractivity contribution in [3.05, 3.63) is 112 Å². The Hall–Kier alpha value is -4.04. The smallest absolute Gasteiger partial charge is 0.252 e. The molecule has 8 heteroatoms. The highest BCUT2D eigenvalue weighted by Crippen LogP contribution is 2.27. The van der Waals surface area contributed by atoms with Crippen molar-refractivity contribution < 1.29 is 4.42 Å². The van der Waals surface area contributed by atoms with E-state index in [9.17, 15) is 4.79 Å². The zero-order valence-corrected chi connectivity index (χ0v) is 20.6. The lowest BCUT2D eigenvalue weighted by atomic mass is 10.1. The summed E-state index contributed by atoms with van der Waals surface area (Å²) in [7, 11) is 0. The molecule has 5 rings (SSSR count). The zero-order valence-electron chi connectivity index (χ0n) is 20.6. The van der Waals surface area contributed by atoms with Gasteiger partial charge >= 0.3 is 0 Å². The van der Waals surface area contributed by atoms with Crippen molar-refractivity contribution in [3.63, 3.8) is 0 Å². The first-order valence-corrected chi connectivity index (χ1v) is 12.3. The third-order valence-corrected chi connectivity index (χ3v) is 6.53. The van der Waals surface area contributed by atoms with Crippen LogP contribution >= 0.6 is 0 Å². The van der Waals surface area contributed by atoms with Gasteiger partial charge in [-0.3, -0.25) is 9.69 Å². The van der Waals surface area contributed by atoms with Gasteiger partial charge in [0.15, 0.2) is 5.82 Å². The molecule has 2 aromatic carbocycles. The molecule has 1 atom stereocenters. The molecule has 5 aromatic rings. The van der Waals surface area contributed by atoms with Crippen LogP contribution < -0.4 is 5.56 Å². The van der Waals surface area contributed by atoms with E-state index in [-0.39, 0.29) is 11.6 Å². The number of hydrogen-bond donors (Lipinski definition) is 1. The summed E-state index contributed by atoms with van der Waals surface area (Å²) >= 11 is 0. The molecule has 3 aromatic heterocycles. The molecule has 1 N–H and O–H groups in total. The third kappa shape index (κ3) is 5.28. The number of nitrogens with zero attached hydrogens (tertiary/aromatic N) is 5. The van der Waals surface area contributed by atoms with Gasteiger partial charge in [-0.25, -0.2) is 4.68 Å². The Morgan fingerprint density at radius 3 is 2.69 bits per heavy atom. The summed E-state index contributed by atoms with van der Waals surface area (Å²) in [5.74, 6) is 1.61. The minimum absolute atomic E-state index is 0.0886. The van der Waals surface area contributed by atoms with Crippen LogP contribution in [0.3, 0.4) is 0 Å². The van der Waals surface area contributed by atoms with Gasteiger partial charge < -0.3 is 9.40 Å². The van der Waals surface area contributed by atoms with E-state index in [0.717, 1.165) is 40.9 Å². The predicted molar refractivity (Wildman–Crippen MR) is 138 cm³/mol. The molecule has 0 fully saturated rings. The van der Waals surface area contributed by atoms with Crippen LogP contribution in [-0.2, 0) is 26.1 Å². The first-order valence-electron chi connectivity index (χ1n) is 12.3. The van der Waals surface area contributed by atoms with Crippen LogP contribution in [-0.4, -0.2) is 30.1 Å². The largest absolute Gasteiger partial charge is 0.468 e. The van der Waals surface area contributed by atoms with Gasteiger partial charge in [-0.05, 0) is 71.5 Å². The number of nitrogens with one attached hydrogen (secondary N) is 1. The molecule has 3 heterocycles. The second kappa shape index (κ2) is 10.7. The van der Waals surface area contributed by atoms with Crippen LogP contribution in [0.1, 0.15) is 47.7 Å². The summed E-state index contributed by atoms with van der Waals surface area (Å²) in [6, 6.07) is 22.1. The van der Waals surface area contributed by atoms with E-state index in [1.54, 1.807) is 6.26 Å². The van der Waals surface area contributed by atoms with Crippen molar-refractivity contribution in [1.29, 1.82) is 0 Å². The maximum absolute atomic E-state index is 13.0. The molecule has 184 valence electrons. The average Bonchev–Trinajstić information content (AvgIpc) is 3.57. The number of aryl methyl sites for hydroxylation is 3. The molecule has 0 saturated heterocycles. The van der Waals surface area contributed by atoms with Gasteiger partial charge in [0.1, 0.15) is 5.76 Å². The average molecular weight is 483 g/mol. The zero-order chi connectivity index (χ0) is 24.9. The Bertz CT molecular complexity index is 1470. The van der Waals surface area contributed by atoms with E-state index >= 15 is 0 Å². The molecule has 0 radical (unpaired) electrons. The second-order valence-corrected chi connectivity index (χ2v) is 9.12. The molecule has 8 nitrogen and oxygen atoms in total. The first-order chi connectivity index (χ1) is 17.6. The Morgan fingerprint density at radius 2 is 1.92 bits per heavy atom. The van der Waals surface area contributed by atoms with Crippen LogP contribution in [0.15, 0.2) is 82.2 Å². The van der Waals surface area contributed by atoms with E-state index in [4.69, 9.17) is 4.42 Å². The summed E-state index contributed by atoms with van der Waals surface area (Å²) in [5.41, 5.74) is 3.83. The van der Waals surface area contributed by atoms with E-state index in [1.165, 1.54) is 5.56 Å². The predicted octanol–water partition coefficient (Wildman–Crippen LogP) is 4.81. The molecule has 0 spiro atoms. The molecular weight excluding hydrogens is 452 g/mol. The summed E-state index contributed by atoms with van der Waals surface area (Å²) in [4.78, 5) is 18.3. The Kier molecular flexibility index (Phi) is 7.04. The van der Waals surface area contributed by atoms with Gasteiger partial charge in [-0.15, -0.1) is 5.10 Å². The number of aromatic amines is 1. The number of H-pyrrole nitrogens is 1. The van der Waals surface area contributed by atoms with Gasteiger partial charge in [0.2, 0.25) is 0 Å². The molecule has 0 saturated carbocycles. The second-order valence-electron chi connectivity index (χ2n) is 9.12. The fourth-order valence-corrected chi connectivity index (χ4v) is 4.68. The van der Waals surface area contributed by atoms with E-state index in [0.29, 0.717) is 25.2 Å². The SMILES string of the molecule is CCC(c1nnnn1CCc1ccccc1)N(Cc1ccco1)Cc1cc2cc(C)ccc2[nH]c1=O. The lowest BCUT2D eigenvalue weighted by Gasteiger charge is -2.29. The highest BCUT2D eigenvalue weighted by molar-refractivity contribution is 5.79. The van der Waals surface area contributed by atoms with E-state index < -0.39 is 0 Å². The molecule has 0 aliphatic rings. The number of hydrogen-bond acceptors (Lipinski definition) is 6. The van der Waals surface area contributed by atoms with Crippen LogP contribution in [0.2, 0.25) is 0 Å². The Labute approximate surface area is 209 Å². The van der Waals surface area contributed by atoms with Gasteiger partial charge in [0, 0.05) is 24.2 Å². The minimum atomic E-state index is -0.103. The van der Waals surface area contributed by atoms with Crippen molar-refractivity contribution in [3.8, 4) is 0 Å². The quantitative estimate of drug-likeness (QED) is 0.307. The van der Waals surface area contributed by atoms with Crippen molar-refractivity contribution in [1.82, 2.24) is 30.1 Å².